The standard InChI is InChI=1S/C17H13N3O3S.ClH/c18-8-10-3-1-2-4-14(10)23-11-5-6-12-15(7-11)24-17-19-9-13(16(21)22)20(12)17;/h1-7,9H,8,18H2,(H,21,22);1H. The van der Waals surface area contributed by atoms with E-state index >= 15 is 0 Å². The van der Waals surface area contributed by atoms with Crippen LogP contribution in [0.3, 0.4) is 0 Å². The van der Waals surface area contributed by atoms with E-state index in [4.69, 9.17) is 10.5 Å². The van der Waals surface area contributed by atoms with Crippen LogP contribution in [0.5, 0.6) is 11.5 Å². The molecule has 25 heavy (non-hydrogen) atoms. The van der Waals surface area contributed by atoms with Crippen molar-refractivity contribution in [1.82, 2.24) is 9.38 Å². The summed E-state index contributed by atoms with van der Waals surface area (Å²) in [4.78, 5) is 16.1. The van der Waals surface area contributed by atoms with Crippen molar-refractivity contribution in [3.63, 3.8) is 0 Å². The van der Waals surface area contributed by atoms with Crippen molar-refractivity contribution >= 4 is 44.9 Å². The Kier molecular flexibility index (Phi) is 4.63. The number of carbonyl (C=O) groups is 1. The summed E-state index contributed by atoms with van der Waals surface area (Å²) in [6, 6.07) is 13.1. The quantitative estimate of drug-likeness (QED) is 0.564. The van der Waals surface area contributed by atoms with Crippen molar-refractivity contribution in [3.05, 3.63) is 59.9 Å². The van der Waals surface area contributed by atoms with Gasteiger partial charge in [-0.2, -0.15) is 0 Å². The minimum Gasteiger partial charge on any atom is -0.477 e. The molecule has 0 aliphatic rings. The predicted molar refractivity (Wildman–Crippen MR) is 99.2 cm³/mol. The zero-order chi connectivity index (χ0) is 16.7. The second-order valence-corrected chi connectivity index (χ2v) is 6.22. The van der Waals surface area contributed by atoms with Gasteiger partial charge < -0.3 is 15.6 Å². The molecule has 0 aliphatic heterocycles. The monoisotopic (exact) mass is 375 g/mol. The summed E-state index contributed by atoms with van der Waals surface area (Å²) in [7, 11) is 0. The van der Waals surface area contributed by atoms with Crippen molar-refractivity contribution in [2.75, 3.05) is 0 Å². The Balaban J connectivity index is 0.00000182. The summed E-state index contributed by atoms with van der Waals surface area (Å²) in [5.74, 6) is 0.385. The topological polar surface area (TPSA) is 89.9 Å². The van der Waals surface area contributed by atoms with E-state index in [0.717, 1.165) is 15.8 Å². The highest BCUT2D eigenvalue weighted by molar-refractivity contribution is 7.23. The summed E-state index contributed by atoms with van der Waals surface area (Å²) < 4.78 is 8.48. The molecule has 0 atom stereocenters. The van der Waals surface area contributed by atoms with Crippen LogP contribution in [0.4, 0.5) is 0 Å². The fraction of sp³-hybridized carbons (Fsp3) is 0.0588. The maximum Gasteiger partial charge on any atom is 0.354 e. The van der Waals surface area contributed by atoms with E-state index < -0.39 is 5.97 Å². The minimum atomic E-state index is -1.00. The highest BCUT2D eigenvalue weighted by atomic mass is 35.5. The van der Waals surface area contributed by atoms with Gasteiger partial charge in [-0.25, -0.2) is 9.78 Å². The number of hydrogen-bond acceptors (Lipinski definition) is 5. The van der Waals surface area contributed by atoms with Gasteiger partial charge in [-0.15, -0.1) is 12.4 Å². The molecule has 0 spiro atoms. The molecule has 0 saturated carbocycles. The number of imidazole rings is 1. The zero-order valence-electron chi connectivity index (χ0n) is 12.9. The molecule has 4 aromatic rings. The Labute approximate surface area is 152 Å². The predicted octanol–water partition coefficient (Wildman–Crippen LogP) is 3.92. The summed E-state index contributed by atoms with van der Waals surface area (Å²) in [6.07, 6.45) is 1.37. The first kappa shape index (κ1) is 17.2. The SMILES string of the molecule is Cl.NCc1ccccc1Oc1ccc2c(c1)sc1ncc(C(=O)O)n12. The zero-order valence-corrected chi connectivity index (χ0v) is 14.5. The number of nitrogens with zero attached hydrogens (tertiary/aromatic N) is 2. The molecule has 0 bridgehead atoms. The third-order valence-corrected chi connectivity index (χ3v) is 4.76. The first-order chi connectivity index (χ1) is 11.7. The van der Waals surface area contributed by atoms with E-state index in [-0.39, 0.29) is 18.1 Å². The Bertz CT molecular complexity index is 1070. The number of ether oxygens (including phenoxy) is 1. The molecule has 0 fully saturated rings. The van der Waals surface area contributed by atoms with Crippen molar-refractivity contribution < 1.29 is 14.6 Å². The Morgan fingerprint density at radius 1 is 1.28 bits per heavy atom. The van der Waals surface area contributed by atoms with Crippen LogP contribution in [-0.4, -0.2) is 20.5 Å². The molecule has 6 nitrogen and oxygen atoms in total. The molecule has 2 aromatic heterocycles. The van der Waals surface area contributed by atoms with Crippen LogP contribution in [0, 0.1) is 0 Å². The Morgan fingerprint density at radius 2 is 2.08 bits per heavy atom. The molecular weight excluding hydrogens is 362 g/mol. The Hall–Kier alpha value is -2.61. The van der Waals surface area contributed by atoms with E-state index in [0.29, 0.717) is 23.0 Å². The molecule has 2 aromatic carbocycles. The molecule has 0 saturated heterocycles. The van der Waals surface area contributed by atoms with E-state index in [2.05, 4.69) is 4.98 Å². The highest BCUT2D eigenvalue weighted by Crippen LogP contribution is 2.33. The lowest BCUT2D eigenvalue weighted by Gasteiger charge is -2.09. The van der Waals surface area contributed by atoms with Gasteiger partial charge in [0.05, 0.1) is 16.4 Å². The lowest BCUT2D eigenvalue weighted by Crippen LogP contribution is -2.00. The average Bonchev–Trinajstić information content (AvgIpc) is 3.13. The Morgan fingerprint density at radius 3 is 2.84 bits per heavy atom. The molecule has 2 heterocycles. The molecule has 3 N–H and O–H groups in total. The first-order valence-corrected chi connectivity index (χ1v) is 8.08. The van der Waals surface area contributed by atoms with Crippen molar-refractivity contribution in [2.24, 2.45) is 5.73 Å². The van der Waals surface area contributed by atoms with Gasteiger partial charge in [0.1, 0.15) is 11.5 Å². The van der Waals surface area contributed by atoms with E-state index in [1.807, 2.05) is 42.5 Å². The number of carboxylic acids is 1. The number of para-hydroxylation sites is 1. The van der Waals surface area contributed by atoms with Crippen LogP contribution < -0.4 is 10.5 Å². The normalized spacial score (nSPS) is 10.8. The molecule has 0 aliphatic carbocycles. The molecule has 0 radical (unpaired) electrons. The second-order valence-electron chi connectivity index (χ2n) is 5.21. The van der Waals surface area contributed by atoms with Gasteiger partial charge >= 0.3 is 5.97 Å². The van der Waals surface area contributed by atoms with Gasteiger partial charge in [-0.3, -0.25) is 4.40 Å². The molecule has 8 heteroatoms. The minimum absolute atomic E-state index is 0. The fourth-order valence-electron chi connectivity index (χ4n) is 2.61. The third kappa shape index (κ3) is 2.93. The second kappa shape index (κ2) is 6.72. The molecule has 0 amide bonds. The van der Waals surface area contributed by atoms with E-state index in [1.54, 1.807) is 4.40 Å². The number of aromatic carboxylic acids is 1. The summed E-state index contributed by atoms with van der Waals surface area (Å²) >= 11 is 1.42. The lowest BCUT2D eigenvalue weighted by molar-refractivity contribution is 0.0690. The van der Waals surface area contributed by atoms with Crippen LogP contribution in [0.15, 0.2) is 48.7 Å². The third-order valence-electron chi connectivity index (χ3n) is 3.74. The van der Waals surface area contributed by atoms with Crippen LogP contribution in [0.25, 0.3) is 15.2 Å². The van der Waals surface area contributed by atoms with Crippen molar-refractivity contribution in [2.45, 2.75) is 6.54 Å². The van der Waals surface area contributed by atoms with Crippen LogP contribution in [0.1, 0.15) is 16.1 Å². The van der Waals surface area contributed by atoms with Crippen LogP contribution in [-0.2, 0) is 6.54 Å². The number of benzene rings is 2. The van der Waals surface area contributed by atoms with E-state index in [1.165, 1.54) is 17.5 Å². The van der Waals surface area contributed by atoms with Crippen molar-refractivity contribution in [3.8, 4) is 11.5 Å². The molecule has 128 valence electrons. The average molecular weight is 376 g/mol. The number of halogens is 1. The van der Waals surface area contributed by atoms with Crippen LogP contribution in [0.2, 0.25) is 0 Å². The van der Waals surface area contributed by atoms with Gasteiger partial charge in [-0.1, -0.05) is 29.5 Å². The van der Waals surface area contributed by atoms with Gasteiger partial charge in [0.15, 0.2) is 10.7 Å². The fourth-order valence-corrected chi connectivity index (χ4v) is 3.64. The van der Waals surface area contributed by atoms with Crippen molar-refractivity contribution in [1.29, 1.82) is 0 Å². The highest BCUT2D eigenvalue weighted by Gasteiger charge is 2.16. The van der Waals surface area contributed by atoms with E-state index in [9.17, 15) is 9.90 Å². The van der Waals surface area contributed by atoms with Gasteiger partial charge in [0, 0.05) is 18.2 Å². The largest absolute Gasteiger partial charge is 0.477 e. The molecule has 0 unspecified atom stereocenters. The maximum atomic E-state index is 11.3. The van der Waals surface area contributed by atoms with Gasteiger partial charge in [0.25, 0.3) is 0 Å². The number of hydrogen-bond donors (Lipinski definition) is 2. The number of aromatic nitrogens is 2. The van der Waals surface area contributed by atoms with Crippen LogP contribution >= 0.6 is 23.7 Å². The first-order valence-electron chi connectivity index (χ1n) is 7.26. The smallest absolute Gasteiger partial charge is 0.354 e. The molecule has 4 rings (SSSR count). The summed E-state index contributed by atoms with van der Waals surface area (Å²) in [6.45, 7) is 0.396. The van der Waals surface area contributed by atoms with Gasteiger partial charge in [0.2, 0.25) is 0 Å². The number of nitrogens with two attached hydrogens (primary N) is 1. The lowest BCUT2D eigenvalue weighted by atomic mass is 10.2. The number of rotatable bonds is 4. The number of carboxylic acid groups (broad SMARTS) is 1. The van der Waals surface area contributed by atoms with Gasteiger partial charge in [-0.05, 0) is 18.2 Å². The number of fused-ring (bicyclic) bond motifs is 3. The molecular formula is C17H14ClN3O3S. The number of thiazole rings is 1. The maximum absolute atomic E-state index is 11.3. The summed E-state index contributed by atoms with van der Waals surface area (Å²) in [5.41, 5.74) is 7.60. The summed E-state index contributed by atoms with van der Waals surface area (Å²) in [5, 5.41) is 9.26.